The summed E-state index contributed by atoms with van der Waals surface area (Å²) in [7, 11) is 1.69. The molecule has 2 atom stereocenters. The van der Waals surface area contributed by atoms with Crippen molar-refractivity contribution in [3.8, 4) is 5.75 Å². The Morgan fingerprint density at radius 1 is 1.23 bits per heavy atom. The number of rotatable bonds is 4. The zero-order chi connectivity index (χ0) is 17.6. The molecule has 0 aromatic heterocycles. The van der Waals surface area contributed by atoms with E-state index in [1.165, 1.54) is 19.3 Å². The number of benzene rings is 1. The molecule has 2 unspecified atom stereocenters. The molecule has 0 radical (unpaired) electrons. The molecule has 1 aromatic carbocycles. The molecular formula is C21H31ClN2O2. The number of ether oxygens (including phenoxy) is 1. The van der Waals surface area contributed by atoms with E-state index in [1.54, 1.807) is 7.11 Å². The van der Waals surface area contributed by atoms with Crippen molar-refractivity contribution in [2.24, 2.45) is 17.6 Å². The SMILES string of the molecule is COc1cc(C2(C(=O)NC3C4CCCC3CC(N)C4)CC2)ccc1C.Cl. The molecule has 0 saturated heterocycles. The number of methoxy groups -OCH3 is 1. The molecular weight excluding hydrogens is 348 g/mol. The van der Waals surface area contributed by atoms with Crippen LogP contribution in [0.15, 0.2) is 18.2 Å². The Kier molecular flexibility index (Phi) is 5.55. The van der Waals surface area contributed by atoms with Gasteiger partial charge in [-0.25, -0.2) is 0 Å². The lowest BCUT2D eigenvalue weighted by Crippen LogP contribution is -2.55. The number of nitrogens with one attached hydrogen (secondary N) is 1. The fourth-order valence-corrected chi connectivity index (χ4v) is 5.20. The third-order valence-electron chi connectivity index (χ3n) is 6.82. The van der Waals surface area contributed by atoms with E-state index in [4.69, 9.17) is 10.5 Å². The van der Waals surface area contributed by atoms with Crippen molar-refractivity contribution in [2.75, 3.05) is 7.11 Å². The number of aryl methyl sites for hydroxylation is 1. The Hall–Kier alpha value is -1.26. The van der Waals surface area contributed by atoms with Crippen LogP contribution in [0, 0.1) is 18.8 Å². The highest BCUT2D eigenvalue weighted by Crippen LogP contribution is 2.50. The first-order chi connectivity index (χ1) is 12.0. The van der Waals surface area contributed by atoms with Crippen molar-refractivity contribution < 1.29 is 9.53 Å². The summed E-state index contributed by atoms with van der Waals surface area (Å²) in [5.41, 5.74) is 8.10. The number of hydrogen-bond acceptors (Lipinski definition) is 3. The van der Waals surface area contributed by atoms with Crippen LogP contribution in [0.4, 0.5) is 0 Å². The Labute approximate surface area is 162 Å². The summed E-state index contributed by atoms with van der Waals surface area (Å²) in [4.78, 5) is 13.2. The van der Waals surface area contributed by atoms with E-state index in [0.717, 1.165) is 42.6 Å². The predicted molar refractivity (Wildman–Crippen MR) is 106 cm³/mol. The van der Waals surface area contributed by atoms with Gasteiger partial charge in [0.2, 0.25) is 5.91 Å². The van der Waals surface area contributed by atoms with Crippen LogP contribution in [-0.2, 0) is 10.2 Å². The van der Waals surface area contributed by atoms with Crippen LogP contribution in [0.3, 0.4) is 0 Å². The Morgan fingerprint density at radius 2 is 1.88 bits per heavy atom. The minimum atomic E-state index is -0.338. The van der Waals surface area contributed by atoms with Gasteiger partial charge in [0, 0.05) is 12.1 Å². The molecule has 4 rings (SSSR count). The summed E-state index contributed by atoms with van der Waals surface area (Å²) in [5.74, 6) is 2.22. The van der Waals surface area contributed by atoms with Gasteiger partial charge in [-0.05, 0) is 74.5 Å². The first-order valence-electron chi connectivity index (χ1n) is 9.75. The summed E-state index contributed by atoms with van der Waals surface area (Å²) >= 11 is 0. The normalized spacial score (nSPS) is 31.5. The fourth-order valence-electron chi connectivity index (χ4n) is 5.20. The highest BCUT2D eigenvalue weighted by molar-refractivity contribution is 5.91. The molecule has 0 spiro atoms. The zero-order valence-electron chi connectivity index (χ0n) is 15.8. The smallest absolute Gasteiger partial charge is 0.230 e. The maximum atomic E-state index is 13.2. The topological polar surface area (TPSA) is 64.3 Å². The van der Waals surface area contributed by atoms with Gasteiger partial charge in [0.1, 0.15) is 5.75 Å². The van der Waals surface area contributed by atoms with E-state index in [9.17, 15) is 4.79 Å². The van der Waals surface area contributed by atoms with Crippen LogP contribution in [0.2, 0.25) is 0 Å². The molecule has 3 fully saturated rings. The van der Waals surface area contributed by atoms with Gasteiger partial charge in [0.25, 0.3) is 0 Å². The van der Waals surface area contributed by atoms with Crippen LogP contribution in [0.1, 0.15) is 56.1 Å². The molecule has 2 bridgehead atoms. The number of fused-ring (bicyclic) bond motifs is 2. The summed E-state index contributed by atoms with van der Waals surface area (Å²) in [6.07, 6.45) is 7.70. The number of carbonyl (C=O) groups excluding carboxylic acids is 1. The second-order valence-corrected chi connectivity index (χ2v) is 8.45. The van der Waals surface area contributed by atoms with Gasteiger partial charge in [-0.3, -0.25) is 4.79 Å². The summed E-state index contributed by atoms with van der Waals surface area (Å²) < 4.78 is 5.47. The third-order valence-corrected chi connectivity index (χ3v) is 6.82. The lowest BCUT2D eigenvalue weighted by atomic mass is 9.67. The molecule has 5 heteroatoms. The van der Waals surface area contributed by atoms with Gasteiger partial charge in [-0.15, -0.1) is 12.4 Å². The van der Waals surface area contributed by atoms with Gasteiger partial charge in [0.15, 0.2) is 0 Å². The molecule has 1 amide bonds. The van der Waals surface area contributed by atoms with Gasteiger partial charge >= 0.3 is 0 Å². The second-order valence-electron chi connectivity index (χ2n) is 8.45. The fraction of sp³-hybridized carbons (Fsp3) is 0.667. The summed E-state index contributed by atoms with van der Waals surface area (Å²) in [5, 5.41) is 3.46. The zero-order valence-corrected chi connectivity index (χ0v) is 16.6. The summed E-state index contributed by atoms with van der Waals surface area (Å²) in [6, 6.07) is 6.86. The van der Waals surface area contributed by atoms with Gasteiger partial charge in [-0.1, -0.05) is 18.6 Å². The van der Waals surface area contributed by atoms with Gasteiger partial charge in [0.05, 0.1) is 12.5 Å². The maximum absolute atomic E-state index is 13.2. The van der Waals surface area contributed by atoms with E-state index in [0.29, 0.717) is 23.9 Å². The van der Waals surface area contributed by atoms with Crippen molar-refractivity contribution in [1.29, 1.82) is 0 Å². The molecule has 26 heavy (non-hydrogen) atoms. The monoisotopic (exact) mass is 378 g/mol. The van der Waals surface area contributed by atoms with Crippen molar-refractivity contribution in [3.63, 3.8) is 0 Å². The van der Waals surface area contributed by atoms with Crippen molar-refractivity contribution >= 4 is 18.3 Å². The van der Waals surface area contributed by atoms with Gasteiger partial charge < -0.3 is 15.8 Å². The molecule has 3 saturated carbocycles. The van der Waals surface area contributed by atoms with Crippen molar-refractivity contribution in [2.45, 2.75) is 69.4 Å². The van der Waals surface area contributed by atoms with E-state index >= 15 is 0 Å². The third kappa shape index (κ3) is 3.34. The molecule has 3 aliphatic rings. The molecule has 3 N–H and O–H groups in total. The minimum Gasteiger partial charge on any atom is -0.496 e. The van der Waals surface area contributed by atoms with E-state index in [1.807, 2.05) is 6.92 Å². The highest BCUT2D eigenvalue weighted by Gasteiger charge is 2.53. The molecule has 3 aliphatic carbocycles. The first-order valence-corrected chi connectivity index (χ1v) is 9.75. The Bertz CT molecular complexity index is 660. The number of amides is 1. The lowest BCUT2D eigenvalue weighted by molar-refractivity contribution is -0.126. The molecule has 1 aromatic rings. The quantitative estimate of drug-likeness (QED) is 0.843. The Balaban J connectivity index is 0.00000196. The summed E-state index contributed by atoms with van der Waals surface area (Å²) in [6.45, 7) is 2.04. The Morgan fingerprint density at radius 3 is 2.46 bits per heavy atom. The van der Waals surface area contributed by atoms with Crippen molar-refractivity contribution in [3.05, 3.63) is 29.3 Å². The van der Waals surface area contributed by atoms with Crippen LogP contribution in [0.25, 0.3) is 0 Å². The molecule has 0 aliphatic heterocycles. The van der Waals surface area contributed by atoms with Gasteiger partial charge in [-0.2, -0.15) is 0 Å². The average molecular weight is 379 g/mol. The van der Waals surface area contributed by atoms with E-state index in [-0.39, 0.29) is 23.7 Å². The minimum absolute atomic E-state index is 0. The highest BCUT2D eigenvalue weighted by atomic mass is 35.5. The van der Waals surface area contributed by atoms with Crippen LogP contribution < -0.4 is 15.8 Å². The van der Waals surface area contributed by atoms with E-state index < -0.39 is 0 Å². The second kappa shape index (κ2) is 7.40. The largest absolute Gasteiger partial charge is 0.496 e. The molecule has 144 valence electrons. The standard InChI is InChI=1S/C21H30N2O2.ClH/c1-13-6-7-16(12-18(13)25-2)21(8-9-21)20(24)23-19-14-4-3-5-15(19)11-17(22)10-14;/h6-7,12,14-15,17,19H,3-5,8-11,22H2,1-2H3,(H,23,24);1H. The first kappa shape index (κ1) is 19.5. The lowest BCUT2D eigenvalue weighted by Gasteiger charge is -2.45. The number of carbonyl (C=O) groups is 1. The van der Waals surface area contributed by atoms with Crippen LogP contribution in [0.5, 0.6) is 5.75 Å². The number of nitrogens with two attached hydrogens (primary N) is 1. The van der Waals surface area contributed by atoms with Crippen molar-refractivity contribution in [1.82, 2.24) is 5.32 Å². The maximum Gasteiger partial charge on any atom is 0.230 e. The predicted octanol–water partition coefficient (Wildman–Crippen LogP) is 3.48. The van der Waals surface area contributed by atoms with Crippen LogP contribution in [-0.4, -0.2) is 25.1 Å². The average Bonchev–Trinajstić information content (AvgIpc) is 3.38. The number of hydrogen-bond donors (Lipinski definition) is 2. The number of halogens is 1. The van der Waals surface area contributed by atoms with Crippen LogP contribution >= 0.6 is 12.4 Å². The molecule has 4 nitrogen and oxygen atoms in total. The molecule has 0 heterocycles. The van der Waals surface area contributed by atoms with E-state index in [2.05, 4.69) is 23.5 Å².